The maximum Gasteiger partial charge on any atom is 0.209 e. The first-order valence-electron chi connectivity index (χ1n) is 7.74. The average molecular weight is 382 g/mol. The van der Waals surface area contributed by atoms with Crippen LogP contribution in [-0.4, -0.2) is 15.0 Å². The topological polar surface area (TPSA) is 59.3 Å². The van der Waals surface area contributed by atoms with E-state index < -0.39 is 15.7 Å². The van der Waals surface area contributed by atoms with Crippen LogP contribution in [0.5, 0.6) is 0 Å². The van der Waals surface area contributed by atoms with Gasteiger partial charge in [0.05, 0.1) is 4.90 Å². The molecule has 1 N–H and O–H groups in total. The molecule has 1 aromatic heterocycles. The van der Waals surface area contributed by atoms with Crippen molar-refractivity contribution in [1.82, 2.24) is 5.32 Å². The highest BCUT2D eigenvalue weighted by Gasteiger charge is 2.25. The zero-order valence-corrected chi connectivity index (χ0v) is 15.1. The Morgan fingerprint density at radius 1 is 1.20 bits per heavy atom. The Morgan fingerprint density at radius 3 is 2.72 bits per heavy atom. The van der Waals surface area contributed by atoms with Gasteiger partial charge >= 0.3 is 0 Å². The number of furan rings is 1. The Balaban J connectivity index is 0.00000182. The zero-order chi connectivity index (χ0) is 16.9. The molecule has 25 heavy (non-hydrogen) atoms. The first-order chi connectivity index (χ1) is 11.5. The average Bonchev–Trinajstić information content (AvgIpc) is 2.94. The fraction of sp³-hybridized carbons (Fsp3) is 0.222. The molecule has 2 heterocycles. The zero-order valence-electron chi connectivity index (χ0n) is 13.5. The summed E-state index contributed by atoms with van der Waals surface area (Å²) in [6.45, 7) is 3.29. The van der Waals surface area contributed by atoms with Crippen molar-refractivity contribution >= 4 is 33.2 Å². The first kappa shape index (κ1) is 17.9. The van der Waals surface area contributed by atoms with Gasteiger partial charge in [0.25, 0.3) is 0 Å². The number of hydrogen-bond acceptors (Lipinski definition) is 4. The van der Waals surface area contributed by atoms with Crippen LogP contribution in [0.15, 0.2) is 50.6 Å². The molecule has 4 nitrogen and oxygen atoms in total. The van der Waals surface area contributed by atoms with Crippen molar-refractivity contribution in [2.24, 2.45) is 0 Å². The molecule has 0 saturated carbocycles. The largest absolute Gasteiger partial charge is 0.460 e. The van der Waals surface area contributed by atoms with Gasteiger partial charge in [0.2, 0.25) is 9.84 Å². The summed E-state index contributed by atoms with van der Waals surface area (Å²) in [6.07, 6.45) is 0.777. The maximum atomic E-state index is 14.0. The number of benzene rings is 2. The lowest BCUT2D eigenvalue weighted by molar-refractivity contribution is 0.499. The van der Waals surface area contributed by atoms with Gasteiger partial charge < -0.3 is 9.73 Å². The second-order valence-corrected chi connectivity index (χ2v) is 7.90. The summed E-state index contributed by atoms with van der Waals surface area (Å²) in [5.41, 5.74) is 2.43. The Hall–Kier alpha value is -1.89. The molecular formula is C18H17ClFNO3S. The molecule has 0 spiro atoms. The number of nitrogens with one attached hydrogen (secondary N) is 1. The van der Waals surface area contributed by atoms with E-state index in [4.69, 9.17) is 4.42 Å². The van der Waals surface area contributed by atoms with Crippen molar-refractivity contribution in [3.05, 3.63) is 59.1 Å². The fourth-order valence-electron chi connectivity index (χ4n) is 3.19. The molecule has 0 amide bonds. The summed E-state index contributed by atoms with van der Waals surface area (Å²) < 4.78 is 45.6. The van der Waals surface area contributed by atoms with E-state index in [1.54, 1.807) is 12.1 Å². The summed E-state index contributed by atoms with van der Waals surface area (Å²) >= 11 is 0. The lowest BCUT2D eigenvalue weighted by Gasteiger charge is -2.11. The van der Waals surface area contributed by atoms with Gasteiger partial charge in [-0.15, -0.1) is 12.4 Å². The van der Waals surface area contributed by atoms with Gasteiger partial charge in [0, 0.05) is 30.5 Å². The van der Waals surface area contributed by atoms with E-state index in [0.717, 1.165) is 41.3 Å². The lowest BCUT2D eigenvalue weighted by Crippen LogP contribution is -2.22. The van der Waals surface area contributed by atoms with Crippen LogP contribution in [0.4, 0.5) is 4.39 Å². The van der Waals surface area contributed by atoms with Crippen molar-refractivity contribution in [2.75, 3.05) is 6.54 Å². The van der Waals surface area contributed by atoms with Gasteiger partial charge in [-0.3, -0.25) is 0 Å². The molecule has 7 heteroatoms. The second-order valence-electron chi connectivity index (χ2n) is 5.98. The molecule has 0 radical (unpaired) electrons. The number of fused-ring (bicyclic) bond motifs is 3. The minimum Gasteiger partial charge on any atom is -0.460 e. The predicted octanol–water partition coefficient (Wildman–Crippen LogP) is 3.78. The van der Waals surface area contributed by atoms with Crippen LogP contribution >= 0.6 is 12.4 Å². The standard InChI is InChI=1S/C18H16FNO3S.ClH/c1-11-8-12(24(21,22)17-5-3-2-4-15(17)19)9-13-14-10-20-7-6-16(14)23-18(11)13;/h2-5,8-9,20H,6-7,10H2,1H3;1H. The predicted molar refractivity (Wildman–Crippen MR) is 95.5 cm³/mol. The summed E-state index contributed by atoms with van der Waals surface area (Å²) in [5.74, 6) is 0.151. The summed E-state index contributed by atoms with van der Waals surface area (Å²) in [5, 5.41) is 4.05. The number of hydrogen-bond donors (Lipinski definition) is 1. The van der Waals surface area contributed by atoms with E-state index in [9.17, 15) is 12.8 Å². The molecule has 1 aliphatic rings. The van der Waals surface area contributed by atoms with Gasteiger partial charge in [-0.05, 0) is 36.8 Å². The Morgan fingerprint density at radius 2 is 1.96 bits per heavy atom. The van der Waals surface area contributed by atoms with Gasteiger partial charge in [-0.25, -0.2) is 12.8 Å². The van der Waals surface area contributed by atoms with Crippen molar-refractivity contribution < 1.29 is 17.2 Å². The van der Waals surface area contributed by atoms with Gasteiger partial charge in [0.15, 0.2) is 0 Å². The van der Waals surface area contributed by atoms with E-state index in [2.05, 4.69) is 5.32 Å². The fourth-order valence-corrected chi connectivity index (χ4v) is 4.63. The Kier molecular flexibility index (Phi) is 4.62. The maximum absolute atomic E-state index is 14.0. The number of sulfone groups is 1. The smallest absolute Gasteiger partial charge is 0.209 e. The van der Waals surface area contributed by atoms with Crippen LogP contribution in [0.3, 0.4) is 0 Å². The van der Waals surface area contributed by atoms with Crippen LogP contribution in [0.25, 0.3) is 11.0 Å². The monoisotopic (exact) mass is 381 g/mol. The molecule has 132 valence electrons. The lowest BCUT2D eigenvalue weighted by atomic mass is 10.0. The van der Waals surface area contributed by atoms with Gasteiger partial charge in [-0.2, -0.15) is 0 Å². The molecule has 4 rings (SSSR count). The van der Waals surface area contributed by atoms with Crippen molar-refractivity contribution in [2.45, 2.75) is 29.7 Å². The highest BCUT2D eigenvalue weighted by Crippen LogP contribution is 2.34. The van der Waals surface area contributed by atoms with Gasteiger partial charge in [0.1, 0.15) is 22.1 Å². The van der Waals surface area contributed by atoms with E-state index in [1.165, 1.54) is 18.2 Å². The van der Waals surface area contributed by atoms with Crippen LogP contribution in [0.2, 0.25) is 0 Å². The molecule has 0 atom stereocenters. The van der Waals surface area contributed by atoms with Crippen LogP contribution in [-0.2, 0) is 22.8 Å². The highest BCUT2D eigenvalue weighted by atomic mass is 35.5. The molecule has 3 aromatic rings. The molecule has 0 bridgehead atoms. The van der Waals surface area contributed by atoms with Crippen LogP contribution < -0.4 is 5.32 Å². The molecule has 0 saturated heterocycles. The van der Waals surface area contributed by atoms with Crippen molar-refractivity contribution in [3.8, 4) is 0 Å². The Labute approximate surface area is 151 Å². The molecule has 1 aliphatic heterocycles. The third-order valence-corrected chi connectivity index (χ3v) is 6.17. The van der Waals surface area contributed by atoms with E-state index in [-0.39, 0.29) is 22.2 Å². The van der Waals surface area contributed by atoms with E-state index in [1.807, 2.05) is 6.92 Å². The van der Waals surface area contributed by atoms with Crippen LogP contribution in [0, 0.1) is 12.7 Å². The second kappa shape index (κ2) is 6.44. The number of halogens is 2. The molecule has 0 aliphatic carbocycles. The summed E-state index contributed by atoms with van der Waals surface area (Å²) in [6, 6.07) is 8.58. The van der Waals surface area contributed by atoms with Crippen molar-refractivity contribution in [3.63, 3.8) is 0 Å². The Bertz CT molecular complexity index is 1060. The van der Waals surface area contributed by atoms with E-state index in [0.29, 0.717) is 12.1 Å². The third kappa shape index (κ3) is 2.84. The minimum atomic E-state index is -3.93. The SMILES string of the molecule is Cc1cc(S(=O)(=O)c2ccccc2F)cc2c3c(oc12)CCNC3.Cl. The summed E-state index contributed by atoms with van der Waals surface area (Å²) in [4.78, 5) is -0.217. The minimum absolute atomic E-state index is 0. The van der Waals surface area contributed by atoms with Crippen LogP contribution in [0.1, 0.15) is 16.9 Å². The summed E-state index contributed by atoms with van der Waals surface area (Å²) in [7, 11) is -3.93. The normalized spacial score (nSPS) is 14.2. The number of aryl methyl sites for hydroxylation is 1. The first-order valence-corrected chi connectivity index (χ1v) is 9.22. The molecule has 0 unspecified atom stereocenters. The van der Waals surface area contributed by atoms with Crippen molar-refractivity contribution in [1.29, 1.82) is 0 Å². The quantitative estimate of drug-likeness (QED) is 0.733. The van der Waals surface area contributed by atoms with E-state index >= 15 is 0 Å². The molecule has 0 fully saturated rings. The number of rotatable bonds is 2. The van der Waals surface area contributed by atoms with Gasteiger partial charge in [-0.1, -0.05) is 12.1 Å². The highest BCUT2D eigenvalue weighted by molar-refractivity contribution is 7.91. The third-order valence-electron chi connectivity index (χ3n) is 4.40. The molecule has 2 aromatic carbocycles. The molecular weight excluding hydrogens is 365 g/mol.